The fourth-order valence-electron chi connectivity index (χ4n) is 3.94. The highest BCUT2D eigenvalue weighted by atomic mass is 16.5. The third kappa shape index (κ3) is 3.57. The van der Waals surface area contributed by atoms with Gasteiger partial charge in [-0.2, -0.15) is 0 Å². The number of methoxy groups -OCH3 is 1. The molecule has 0 spiro atoms. The lowest BCUT2D eigenvalue weighted by Crippen LogP contribution is -2.47. The molecular formula is C20H26N4O3. The van der Waals surface area contributed by atoms with Gasteiger partial charge in [-0.25, -0.2) is 5.43 Å². The van der Waals surface area contributed by atoms with E-state index >= 15 is 0 Å². The van der Waals surface area contributed by atoms with Gasteiger partial charge < -0.3 is 14.2 Å². The van der Waals surface area contributed by atoms with Gasteiger partial charge in [0, 0.05) is 30.1 Å². The molecule has 2 aliphatic rings. The first-order valence-electron chi connectivity index (χ1n) is 9.61. The lowest BCUT2D eigenvalue weighted by molar-refractivity contribution is -0.134. The molecule has 1 saturated heterocycles. The van der Waals surface area contributed by atoms with E-state index < -0.39 is 0 Å². The number of amides is 1. The second-order valence-electron chi connectivity index (χ2n) is 7.24. The van der Waals surface area contributed by atoms with E-state index in [-0.39, 0.29) is 11.9 Å². The number of nitrogens with one attached hydrogen (secondary N) is 2. The molecule has 7 heteroatoms. The van der Waals surface area contributed by atoms with Gasteiger partial charge >= 0.3 is 0 Å². The van der Waals surface area contributed by atoms with E-state index in [1.165, 1.54) is 0 Å². The van der Waals surface area contributed by atoms with Gasteiger partial charge in [0.25, 0.3) is 0 Å². The molecule has 2 aliphatic heterocycles. The molecular weight excluding hydrogens is 344 g/mol. The topological polar surface area (TPSA) is 79.6 Å². The lowest BCUT2D eigenvalue weighted by atomic mass is 9.99. The zero-order valence-corrected chi connectivity index (χ0v) is 15.8. The summed E-state index contributed by atoms with van der Waals surface area (Å²) in [5, 5.41) is 4.27. The second kappa shape index (κ2) is 7.70. The van der Waals surface area contributed by atoms with Crippen LogP contribution < -0.4 is 15.6 Å². The number of nitrogens with zero attached hydrogens (tertiary/aromatic N) is 2. The van der Waals surface area contributed by atoms with Crippen LogP contribution in [0.2, 0.25) is 0 Å². The predicted octanol–water partition coefficient (Wildman–Crippen LogP) is 2.27. The molecule has 1 aromatic heterocycles. The van der Waals surface area contributed by atoms with Crippen molar-refractivity contribution in [2.45, 2.75) is 51.2 Å². The fraction of sp³-hybridized carbons (Fsp3) is 0.500. The van der Waals surface area contributed by atoms with Crippen LogP contribution in [0, 0.1) is 0 Å². The van der Waals surface area contributed by atoms with Crippen molar-refractivity contribution in [2.75, 3.05) is 13.7 Å². The third-order valence-corrected chi connectivity index (χ3v) is 5.40. The van der Waals surface area contributed by atoms with Gasteiger partial charge in [0.1, 0.15) is 23.2 Å². The van der Waals surface area contributed by atoms with Crippen LogP contribution in [0.15, 0.2) is 28.8 Å². The zero-order valence-electron chi connectivity index (χ0n) is 15.8. The van der Waals surface area contributed by atoms with Crippen molar-refractivity contribution in [1.29, 1.82) is 0 Å². The molecule has 0 bridgehead atoms. The Bertz CT molecular complexity index is 819. The van der Waals surface area contributed by atoms with Gasteiger partial charge in [-0.05, 0) is 25.0 Å². The summed E-state index contributed by atoms with van der Waals surface area (Å²) < 4.78 is 10.9. The molecule has 2 atom stereocenters. The number of ether oxygens (including phenoxy) is 1. The Morgan fingerprint density at radius 3 is 3.11 bits per heavy atom. The van der Waals surface area contributed by atoms with Crippen molar-refractivity contribution in [1.82, 2.24) is 20.9 Å². The Kier molecular flexibility index (Phi) is 5.13. The standard InChI is InChI=1S/C20H26N4O3/c1-3-5-14-11-17(22-21-14)20(25)24-9-8-18-16(12-24)19(23-27-18)13-6-4-7-15(10-13)26-2/h4,6-7,10,14,17,21-22H,3,5,8-9,11-12H2,1-2H3. The van der Waals surface area contributed by atoms with Crippen LogP contribution in [0.3, 0.4) is 0 Å². The summed E-state index contributed by atoms with van der Waals surface area (Å²) in [6.45, 7) is 3.35. The molecule has 144 valence electrons. The van der Waals surface area contributed by atoms with Gasteiger partial charge in [0.2, 0.25) is 5.91 Å². The summed E-state index contributed by atoms with van der Waals surface area (Å²) in [5.74, 6) is 1.79. The number of hydrazine groups is 1. The lowest BCUT2D eigenvalue weighted by Gasteiger charge is -2.28. The van der Waals surface area contributed by atoms with Crippen molar-refractivity contribution < 1.29 is 14.1 Å². The summed E-state index contributed by atoms with van der Waals surface area (Å²) >= 11 is 0. The SMILES string of the molecule is CCCC1CC(C(=O)N2CCc3onc(-c4cccc(OC)c4)c3C2)NN1. The molecule has 1 amide bonds. The number of carbonyl (C=O) groups is 1. The smallest absolute Gasteiger partial charge is 0.241 e. The van der Waals surface area contributed by atoms with E-state index in [1.807, 2.05) is 29.2 Å². The minimum atomic E-state index is -0.164. The summed E-state index contributed by atoms with van der Waals surface area (Å²) in [6, 6.07) is 7.96. The Morgan fingerprint density at radius 2 is 2.30 bits per heavy atom. The molecule has 1 aromatic carbocycles. The third-order valence-electron chi connectivity index (χ3n) is 5.40. The minimum Gasteiger partial charge on any atom is -0.497 e. The molecule has 0 aliphatic carbocycles. The Hall–Kier alpha value is -2.38. The Morgan fingerprint density at radius 1 is 1.41 bits per heavy atom. The molecule has 2 unspecified atom stereocenters. The molecule has 1 fully saturated rings. The van der Waals surface area contributed by atoms with Crippen LogP contribution in [0.25, 0.3) is 11.3 Å². The van der Waals surface area contributed by atoms with Crippen LogP contribution in [-0.2, 0) is 17.8 Å². The van der Waals surface area contributed by atoms with Crippen molar-refractivity contribution in [3.05, 3.63) is 35.6 Å². The highest BCUT2D eigenvalue weighted by Gasteiger charge is 2.35. The molecule has 2 aromatic rings. The van der Waals surface area contributed by atoms with E-state index in [4.69, 9.17) is 9.26 Å². The van der Waals surface area contributed by atoms with Crippen molar-refractivity contribution in [3.8, 4) is 17.0 Å². The van der Waals surface area contributed by atoms with Gasteiger partial charge in [0.15, 0.2) is 0 Å². The molecule has 27 heavy (non-hydrogen) atoms. The molecule has 0 saturated carbocycles. The van der Waals surface area contributed by atoms with Crippen LogP contribution in [0.1, 0.15) is 37.5 Å². The quantitative estimate of drug-likeness (QED) is 0.841. The average molecular weight is 370 g/mol. The number of rotatable bonds is 5. The second-order valence-corrected chi connectivity index (χ2v) is 7.24. The van der Waals surface area contributed by atoms with Crippen LogP contribution in [-0.4, -0.2) is 41.7 Å². The van der Waals surface area contributed by atoms with Gasteiger partial charge in [-0.1, -0.05) is 30.6 Å². The maximum absolute atomic E-state index is 13.0. The summed E-state index contributed by atoms with van der Waals surface area (Å²) in [4.78, 5) is 14.9. The summed E-state index contributed by atoms with van der Waals surface area (Å²) in [6.07, 6.45) is 3.71. The first-order chi connectivity index (χ1) is 13.2. The number of hydrogen-bond acceptors (Lipinski definition) is 6. The van der Waals surface area contributed by atoms with E-state index in [0.29, 0.717) is 25.6 Å². The number of fused-ring (bicyclic) bond motifs is 1. The van der Waals surface area contributed by atoms with Gasteiger partial charge in [-0.15, -0.1) is 0 Å². The Labute approximate surface area is 159 Å². The highest BCUT2D eigenvalue weighted by Crippen LogP contribution is 2.32. The average Bonchev–Trinajstić information content (AvgIpc) is 3.34. The first-order valence-corrected chi connectivity index (χ1v) is 9.61. The molecule has 3 heterocycles. The maximum atomic E-state index is 13.0. The van der Waals surface area contributed by atoms with Crippen molar-refractivity contribution in [2.24, 2.45) is 0 Å². The minimum absolute atomic E-state index is 0.143. The van der Waals surface area contributed by atoms with E-state index in [2.05, 4.69) is 22.9 Å². The van der Waals surface area contributed by atoms with E-state index in [0.717, 1.165) is 47.6 Å². The normalized spacial score (nSPS) is 21.9. The van der Waals surface area contributed by atoms with Crippen LogP contribution in [0.5, 0.6) is 5.75 Å². The molecule has 4 rings (SSSR count). The predicted molar refractivity (Wildman–Crippen MR) is 101 cm³/mol. The van der Waals surface area contributed by atoms with Gasteiger partial charge in [0.05, 0.1) is 13.7 Å². The van der Waals surface area contributed by atoms with Crippen molar-refractivity contribution >= 4 is 5.91 Å². The molecule has 7 nitrogen and oxygen atoms in total. The van der Waals surface area contributed by atoms with Gasteiger partial charge in [-0.3, -0.25) is 10.2 Å². The first kappa shape index (κ1) is 18.0. The number of carbonyl (C=O) groups excluding carboxylic acids is 1. The Balaban J connectivity index is 1.51. The number of aromatic nitrogens is 1. The van der Waals surface area contributed by atoms with Crippen LogP contribution in [0.4, 0.5) is 0 Å². The highest BCUT2D eigenvalue weighted by molar-refractivity contribution is 5.83. The number of benzene rings is 1. The van der Waals surface area contributed by atoms with E-state index in [1.54, 1.807) is 7.11 Å². The fourth-order valence-corrected chi connectivity index (χ4v) is 3.94. The van der Waals surface area contributed by atoms with Crippen LogP contribution >= 0.6 is 0 Å². The van der Waals surface area contributed by atoms with Crippen molar-refractivity contribution in [3.63, 3.8) is 0 Å². The molecule has 2 N–H and O–H groups in total. The number of hydrogen-bond donors (Lipinski definition) is 2. The monoisotopic (exact) mass is 370 g/mol. The maximum Gasteiger partial charge on any atom is 0.241 e. The summed E-state index contributed by atoms with van der Waals surface area (Å²) in [5.41, 5.74) is 9.16. The van der Waals surface area contributed by atoms with E-state index in [9.17, 15) is 4.79 Å². The zero-order chi connectivity index (χ0) is 18.8. The largest absolute Gasteiger partial charge is 0.497 e. The molecule has 0 radical (unpaired) electrons. The summed E-state index contributed by atoms with van der Waals surface area (Å²) in [7, 11) is 1.65.